The van der Waals surface area contributed by atoms with Crippen LogP contribution in [0, 0.1) is 10.1 Å². The van der Waals surface area contributed by atoms with Crippen LogP contribution < -0.4 is 11.5 Å². The lowest BCUT2D eigenvalue weighted by molar-refractivity contribution is -0.385. The molecule has 5 N–H and O–H groups in total. The third kappa shape index (κ3) is 4.49. The Morgan fingerprint density at radius 2 is 1.94 bits per heavy atom. The summed E-state index contributed by atoms with van der Waals surface area (Å²) in [6.07, 6.45) is 0. The minimum atomic E-state index is -0.790. The molecule has 0 unspecified atom stereocenters. The standard InChI is InChI=1S/C7H6N2O3.C2H7NO/c8-7(10)5-3-1-2-4-6(5)9(11)12;3-1-2-4/h1-4H,(H2,8,10);4H,1-3H2. The first-order valence-corrected chi connectivity index (χ1v) is 4.38. The third-order valence-corrected chi connectivity index (χ3v) is 1.50. The van der Waals surface area contributed by atoms with E-state index in [1.165, 1.54) is 24.3 Å². The number of hydrogen-bond donors (Lipinski definition) is 3. The number of primary amides is 1. The molecule has 0 aliphatic rings. The van der Waals surface area contributed by atoms with Crippen LogP contribution in [0.2, 0.25) is 0 Å². The Bertz CT molecular complexity index is 333. The van der Waals surface area contributed by atoms with Gasteiger partial charge in [-0.05, 0) is 6.07 Å². The second kappa shape index (κ2) is 7.32. The van der Waals surface area contributed by atoms with Crippen molar-refractivity contribution >= 4 is 11.6 Å². The Hall–Kier alpha value is -1.99. The summed E-state index contributed by atoms with van der Waals surface area (Å²) in [5.41, 5.74) is 9.36. The van der Waals surface area contributed by atoms with E-state index in [1.807, 2.05) is 0 Å². The highest BCUT2D eigenvalue weighted by molar-refractivity contribution is 5.96. The highest BCUT2D eigenvalue weighted by Crippen LogP contribution is 2.16. The molecule has 0 atom stereocenters. The molecule has 0 heterocycles. The predicted octanol–water partition coefficient (Wildman–Crippen LogP) is -0.369. The van der Waals surface area contributed by atoms with Crippen molar-refractivity contribution in [3.8, 4) is 0 Å². The Morgan fingerprint density at radius 1 is 1.44 bits per heavy atom. The van der Waals surface area contributed by atoms with E-state index in [-0.39, 0.29) is 17.9 Å². The van der Waals surface area contributed by atoms with Crippen molar-refractivity contribution in [1.82, 2.24) is 0 Å². The Kier molecular flexibility index (Phi) is 6.41. The molecule has 0 aromatic heterocycles. The molecule has 0 saturated heterocycles. The van der Waals surface area contributed by atoms with Gasteiger partial charge in [-0.1, -0.05) is 12.1 Å². The Labute approximate surface area is 91.8 Å². The minimum Gasteiger partial charge on any atom is -0.395 e. The maximum Gasteiger partial charge on any atom is 0.282 e. The molecule has 0 bridgehead atoms. The molecule has 88 valence electrons. The lowest BCUT2D eigenvalue weighted by Crippen LogP contribution is -2.12. The molecule has 0 saturated carbocycles. The minimum absolute atomic E-state index is 0.0671. The molecule has 1 aromatic rings. The zero-order valence-electron chi connectivity index (χ0n) is 8.50. The average Bonchev–Trinajstić information content (AvgIpc) is 2.29. The van der Waals surface area contributed by atoms with Gasteiger partial charge in [0.2, 0.25) is 0 Å². The zero-order valence-corrected chi connectivity index (χ0v) is 8.50. The van der Waals surface area contributed by atoms with Crippen LogP contribution >= 0.6 is 0 Å². The van der Waals surface area contributed by atoms with Gasteiger partial charge in [0.05, 0.1) is 11.5 Å². The van der Waals surface area contributed by atoms with Crippen LogP contribution in [0.3, 0.4) is 0 Å². The van der Waals surface area contributed by atoms with Gasteiger partial charge in [-0.3, -0.25) is 14.9 Å². The molecular formula is C9H13N3O4. The molecule has 0 aliphatic carbocycles. The first-order valence-electron chi connectivity index (χ1n) is 4.38. The van der Waals surface area contributed by atoms with Crippen LogP contribution in [0.5, 0.6) is 0 Å². The highest BCUT2D eigenvalue weighted by Gasteiger charge is 2.15. The fraction of sp³-hybridized carbons (Fsp3) is 0.222. The van der Waals surface area contributed by atoms with Gasteiger partial charge >= 0.3 is 0 Å². The maximum atomic E-state index is 10.6. The van der Waals surface area contributed by atoms with E-state index in [9.17, 15) is 14.9 Å². The van der Waals surface area contributed by atoms with Gasteiger partial charge in [-0.25, -0.2) is 0 Å². The van der Waals surface area contributed by atoms with Crippen LogP contribution in [-0.2, 0) is 0 Å². The number of nitrogens with zero attached hydrogens (tertiary/aromatic N) is 1. The molecule has 7 heteroatoms. The maximum absolute atomic E-state index is 10.6. The van der Waals surface area contributed by atoms with Gasteiger partial charge in [-0.2, -0.15) is 0 Å². The Morgan fingerprint density at radius 3 is 2.25 bits per heavy atom. The van der Waals surface area contributed by atoms with Crippen molar-refractivity contribution in [1.29, 1.82) is 0 Å². The van der Waals surface area contributed by atoms with Crippen LogP contribution in [0.4, 0.5) is 5.69 Å². The second-order valence-corrected chi connectivity index (χ2v) is 2.65. The van der Waals surface area contributed by atoms with Gasteiger partial charge in [0, 0.05) is 12.6 Å². The van der Waals surface area contributed by atoms with Gasteiger partial charge in [-0.15, -0.1) is 0 Å². The summed E-state index contributed by atoms with van der Waals surface area (Å²) < 4.78 is 0. The largest absolute Gasteiger partial charge is 0.395 e. The summed E-state index contributed by atoms with van der Waals surface area (Å²) in [5.74, 6) is -0.790. The monoisotopic (exact) mass is 227 g/mol. The van der Waals surface area contributed by atoms with Crippen LogP contribution in [0.25, 0.3) is 0 Å². The number of rotatable bonds is 3. The summed E-state index contributed by atoms with van der Waals surface area (Å²) in [7, 11) is 0. The normalized spacial score (nSPS) is 8.88. The predicted molar refractivity (Wildman–Crippen MR) is 57.8 cm³/mol. The smallest absolute Gasteiger partial charge is 0.282 e. The fourth-order valence-electron chi connectivity index (χ4n) is 0.841. The number of amides is 1. The van der Waals surface area contributed by atoms with E-state index >= 15 is 0 Å². The molecule has 0 aliphatic heterocycles. The van der Waals surface area contributed by atoms with Crippen molar-refractivity contribution < 1.29 is 14.8 Å². The first-order chi connectivity index (χ1) is 7.54. The second-order valence-electron chi connectivity index (χ2n) is 2.65. The molecule has 16 heavy (non-hydrogen) atoms. The van der Waals surface area contributed by atoms with E-state index in [1.54, 1.807) is 0 Å². The number of para-hydroxylation sites is 1. The summed E-state index contributed by atoms with van der Waals surface area (Å²) in [6, 6.07) is 5.55. The topological polar surface area (TPSA) is 132 Å². The third-order valence-electron chi connectivity index (χ3n) is 1.50. The number of aliphatic hydroxyl groups excluding tert-OH is 1. The number of nitrogens with two attached hydrogens (primary N) is 2. The number of carbonyl (C=O) groups is 1. The van der Waals surface area contributed by atoms with Crippen LogP contribution in [-0.4, -0.2) is 29.1 Å². The van der Waals surface area contributed by atoms with E-state index in [0.717, 1.165) is 0 Å². The summed E-state index contributed by atoms with van der Waals surface area (Å²) in [5, 5.41) is 18.1. The Balaban J connectivity index is 0.000000487. The molecule has 1 rings (SSSR count). The number of aliphatic hydroxyl groups is 1. The SMILES string of the molecule is NC(=O)c1ccccc1[N+](=O)[O-].NCCO. The molecule has 0 fully saturated rings. The molecule has 7 nitrogen and oxygen atoms in total. The van der Waals surface area contributed by atoms with E-state index in [2.05, 4.69) is 0 Å². The van der Waals surface area contributed by atoms with E-state index in [4.69, 9.17) is 16.6 Å². The van der Waals surface area contributed by atoms with Gasteiger partial charge in [0.15, 0.2) is 0 Å². The first kappa shape index (κ1) is 14.0. The van der Waals surface area contributed by atoms with Gasteiger partial charge in [0.25, 0.3) is 11.6 Å². The van der Waals surface area contributed by atoms with Crippen molar-refractivity contribution in [2.45, 2.75) is 0 Å². The fourth-order valence-corrected chi connectivity index (χ4v) is 0.841. The molecule has 1 amide bonds. The zero-order chi connectivity index (χ0) is 12.6. The number of hydrogen-bond acceptors (Lipinski definition) is 5. The average molecular weight is 227 g/mol. The number of carbonyl (C=O) groups excluding carboxylic acids is 1. The number of nitro groups is 1. The quantitative estimate of drug-likeness (QED) is 0.478. The molecule has 1 aromatic carbocycles. The van der Waals surface area contributed by atoms with Gasteiger partial charge < -0.3 is 16.6 Å². The van der Waals surface area contributed by atoms with Crippen LogP contribution in [0.15, 0.2) is 24.3 Å². The van der Waals surface area contributed by atoms with Gasteiger partial charge in [0.1, 0.15) is 5.56 Å². The van der Waals surface area contributed by atoms with Crippen molar-refractivity contribution in [2.24, 2.45) is 11.5 Å². The molecule has 0 spiro atoms. The summed E-state index contributed by atoms with van der Waals surface area (Å²) in [6.45, 7) is 0.472. The lowest BCUT2D eigenvalue weighted by Gasteiger charge is -1.95. The number of benzene rings is 1. The van der Waals surface area contributed by atoms with E-state index < -0.39 is 10.8 Å². The highest BCUT2D eigenvalue weighted by atomic mass is 16.6. The van der Waals surface area contributed by atoms with Crippen molar-refractivity contribution in [2.75, 3.05) is 13.2 Å². The molecular weight excluding hydrogens is 214 g/mol. The van der Waals surface area contributed by atoms with E-state index in [0.29, 0.717) is 6.54 Å². The van der Waals surface area contributed by atoms with Crippen molar-refractivity contribution in [3.05, 3.63) is 39.9 Å². The molecule has 0 radical (unpaired) electrons. The van der Waals surface area contributed by atoms with Crippen LogP contribution in [0.1, 0.15) is 10.4 Å². The summed E-state index contributed by atoms with van der Waals surface area (Å²) in [4.78, 5) is 20.3. The summed E-state index contributed by atoms with van der Waals surface area (Å²) >= 11 is 0. The lowest BCUT2D eigenvalue weighted by atomic mass is 10.2. The number of nitro benzene ring substituents is 1. The van der Waals surface area contributed by atoms with Crippen molar-refractivity contribution in [3.63, 3.8) is 0 Å².